The minimum atomic E-state index is -5.00. The van der Waals surface area contributed by atoms with Gasteiger partial charge >= 0.3 is 12.1 Å². The zero-order valence-corrected chi connectivity index (χ0v) is 14.6. The summed E-state index contributed by atoms with van der Waals surface area (Å²) in [6.07, 6.45) is -4.31. The Morgan fingerprint density at radius 2 is 1.88 bits per heavy atom. The highest BCUT2D eigenvalue weighted by Gasteiger charge is 2.37. The first-order chi connectivity index (χ1) is 11.9. The van der Waals surface area contributed by atoms with Gasteiger partial charge in [0.2, 0.25) is 10.0 Å². The standard InChI is InChI=1S/C15H18F4N2O4S/c1-20(9-14(22)23)10-4-6-21(7-5-10)26(24,25)11-2-3-13(16)12(8-11)15(17,18)19/h2-3,8,10H,4-7,9H2,1H3,(H,22,23). The van der Waals surface area contributed by atoms with Crippen LogP contribution in [0, 0.1) is 5.82 Å². The smallest absolute Gasteiger partial charge is 0.419 e. The Morgan fingerprint density at radius 1 is 1.31 bits per heavy atom. The monoisotopic (exact) mass is 398 g/mol. The number of sulfonamides is 1. The number of hydrogen-bond donors (Lipinski definition) is 1. The summed E-state index contributed by atoms with van der Waals surface area (Å²) in [5.74, 6) is -2.54. The lowest BCUT2D eigenvalue weighted by Gasteiger charge is -2.35. The molecule has 1 aliphatic rings. The molecule has 146 valence electrons. The predicted octanol–water partition coefficient (Wildman–Crippen LogP) is 2.01. The van der Waals surface area contributed by atoms with Crippen molar-refractivity contribution in [3.8, 4) is 0 Å². The molecule has 1 saturated heterocycles. The molecule has 1 N–H and O–H groups in total. The van der Waals surface area contributed by atoms with Crippen LogP contribution in [0.1, 0.15) is 18.4 Å². The average molecular weight is 398 g/mol. The second-order valence-corrected chi connectivity index (χ2v) is 8.02. The Kier molecular flexibility index (Phi) is 5.93. The minimum absolute atomic E-state index is 0.0374. The fraction of sp³-hybridized carbons (Fsp3) is 0.533. The third-order valence-corrected chi connectivity index (χ3v) is 6.21. The van der Waals surface area contributed by atoms with Gasteiger partial charge in [0.05, 0.1) is 17.0 Å². The van der Waals surface area contributed by atoms with Gasteiger partial charge in [-0.3, -0.25) is 9.69 Å². The molecule has 0 radical (unpaired) electrons. The molecule has 1 aromatic carbocycles. The molecule has 6 nitrogen and oxygen atoms in total. The van der Waals surface area contributed by atoms with Crippen molar-refractivity contribution >= 4 is 16.0 Å². The van der Waals surface area contributed by atoms with Crippen molar-refractivity contribution in [1.29, 1.82) is 0 Å². The first kappa shape index (κ1) is 20.6. The maximum Gasteiger partial charge on any atom is 0.419 e. The summed E-state index contributed by atoms with van der Waals surface area (Å²) in [5, 5.41) is 8.79. The lowest BCUT2D eigenvalue weighted by Crippen LogP contribution is -2.46. The van der Waals surface area contributed by atoms with Crippen molar-refractivity contribution in [3.05, 3.63) is 29.6 Å². The second kappa shape index (κ2) is 7.49. The molecule has 0 atom stereocenters. The van der Waals surface area contributed by atoms with Crippen LogP contribution < -0.4 is 0 Å². The van der Waals surface area contributed by atoms with Crippen LogP contribution in [0.3, 0.4) is 0 Å². The van der Waals surface area contributed by atoms with Crippen molar-refractivity contribution in [3.63, 3.8) is 0 Å². The van der Waals surface area contributed by atoms with Gasteiger partial charge in [-0.25, -0.2) is 12.8 Å². The maximum absolute atomic E-state index is 13.4. The van der Waals surface area contributed by atoms with E-state index >= 15 is 0 Å². The van der Waals surface area contributed by atoms with E-state index < -0.39 is 38.4 Å². The van der Waals surface area contributed by atoms with Crippen LogP contribution in [0.2, 0.25) is 0 Å². The molecule has 0 amide bonds. The van der Waals surface area contributed by atoms with Gasteiger partial charge in [-0.15, -0.1) is 0 Å². The van der Waals surface area contributed by atoms with Crippen molar-refractivity contribution < 1.29 is 35.9 Å². The largest absolute Gasteiger partial charge is 0.480 e. The summed E-state index contributed by atoms with van der Waals surface area (Å²) in [6, 6.07) is 1.45. The lowest BCUT2D eigenvalue weighted by atomic mass is 10.1. The number of nitrogens with zero attached hydrogens (tertiary/aromatic N) is 2. The van der Waals surface area contributed by atoms with Gasteiger partial charge in [-0.1, -0.05) is 0 Å². The van der Waals surface area contributed by atoms with E-state index in [0.29, 0.717) is 25.0 Å². The molecule has 1 aromatic rings. The van der Waals surface area contributed by atoms with Gasteiger partial charge in [0.15, 0.2) is 0 Å². The van der Waals surface area contributed by atoms with Gasteiger partial charge in [0, 0.05) is 19.1 Å². The van der Waals surface area contributed by atoms with Gasteiger partial charge in [-0.2, -0.15) is 17.5 Å². The van der Waals surface area contributed by atoms with E-state index in [1.807, 2.05) is 0 Å². The molecule has 0 spiro atoms. The molecule has 1 aliphatic heterocycles. The number of piperidine rings is 1. The van der Waals surface area contributed by atoms with Crippen LogP contribution in [0.15, 0.2) is 23.1 Å². The molecule has 1 fully saturated rings. The van der Waals surface area contributed by atoms with Crippen molar-refractivity contribution in [2.75, 3.05) is 26.7 Å². The van der Waals surface area contributed by atoms with E-state index in [1.165, 1.54) is 0 Å². The summed E-state index contributed by atoms with van der Waals surface area (Å²) in [5.41, 5.74) is -1.63. The van der Waals surface area contributed by atoms with Crippen LogP contribution >= 0.6 is 0 Å². The lowest BCUT2D eigenvalue weighted by molar-refractivity contribution is -0.140. The number of halogens is 4. The van der Waals surface area contributed by atoms with Crippen LogP contribution in [-0.4, -0.2) is 61.4 Å². The normalized spacial score (nSPS) is 17.6. The number of aliphatic carboxylic acids is 1. The second-order valence-electron chi connectivity index (χ2n) is 6.08. The van der Waals surface area contributed by atoms with Gasteiger partial charge in [-0.05, 0) is 38.1 Å². The molecule has 0 bridgehead atoms. The van der Waals surface area contributed by atoms with Gasteiger partial charge in [0.1, 0.15) is 5.82 Å². The quantitative estimate of drug-likeness (QED) is 0.768. The zero-order chi connectivity index (χ0) is 19.7. The number of rotatable bonds is 5. The fourth-order valence-electron chi connectivity index (χ4n) is 2.90. The molecule has 0 saturated carbocycles. The molecular formula is C15H18F4N2O4S. The number of carboxylic acids is 1. The molecule has 1 heterocycles. The molecule has 0 unspecified atom stereocenters. The van der Waals surface area contributed by atoms with Crippen LogP contribution in [0.25, 0.3) is 0 Å². The van der Waals surface area contributed by atoms with Crippen molar-refractivity contribution in [2.24, 2.45) is 0 Å². The molecule has 0 aliphatic carbocycles. The van der Waals surface area contributed by atoms with E-state index in [9.17, 15) is 30.8 Å². The molecule has 2 rings (SSSR count). The Bertz CT molecular complexity index is 774. The third-order valence-electron chi connectivity index (χ3n) is 4.31. The highest BCUT2D eigenvalue weighted by Crippen LogP contribution is 2.33. The van der Waals surface area contributed by atoms with Crippen LogP contribution in [0.5, 0.6) is 0 Å². The summed E-state index contributed by atoms with van der Waals surface area (Å²) >= 11 is 0. The average Bonchev–Trinajstić information content (AvgIpc) is 2.53. The van der Waals surface area contributed by atoms with Crippen LogP contribution in [0.4, 0.5) is 17.6 Å². The Morgan fingerprint density at radius 3 is 2.38 bits per heavy atom. The van der Waals surface area contributed by atoms with E-state index in [4.69, 9.17) is 5.11 Å². The first-order valence-corrected chi connectivity index (χ1v) is 9.16. The van der Waals surface area contributed by atoms with E-state index in [1.54, 1.807) is 11.9 Å². The minimum Gasteiger partial charge on any atom is -0.480 e. The van der Waals surface area contributed by atoms with Crippen molar-refractivity contribution in [2.45, 2.75) is 30.0 Å². The van der Waals surface area contributed by atoms with Crippen LogP contribution in [-0.2, 0) is 21.0 Å². The molecule has 0 aromatic heterocycles. The summed E-state index contributed by atoms with van der Waals surface area (Å²) < 4.78 is 77.9. The van der Waals surface area contributed by atoms with Gasteiger partial charge < -0.3 is 5.11 Å². The van der Waals surface area contributed by atoms with E-state index in [2.05, 4.69) is 0 Å². The maximum atomic E-state index is 13.4. The number of carbonyl (C=O) groups is 1. The topological polar surface area (TPSA) is 77.9 Å². The predicted molar refractivity (Wildman–Crippen MR) is 83.4 cm³/mol. The highest BCUT2D eigenvalue weighted by atomic mass is 32.2. The molecule has 26 heavy (non-hydrogen) atoms. The Labute approximate surface area is 148 Å². The highest BCUT2D eigenvalue weighted by molar-refractivity contribution is 7.89. The summed E-state index contributed by atoms with van der Waals surface area (Å²) in [4.78, 5) is 11.7. The molecular weight excluding hydrogens is 380 g/mol. The Balaban J connectivity index is 2.16. The number of carboxylic acid groups (broad SMARTS) is 1. The summed E-state index contributed by atoms with van der Waals surface area (Å²) in [6.45, 7) is -0.115. The van der Waals surface area contributed by atoms with Crippen molar-refractivity contribution in [1.82, 2.24) is 9.21 Å². The third kappa shape index (κ3) is 4.51. The summed E-state index contributed by atoms with van der Waals surface area (Å²) in [7, 11) is -2.59. The number of hydrogen-bond acceptors (Lipinski definition) is 4. The number of benzene rings is 1. The Hall–Kier alpha value is -1.72. The zero-order valence-electron chi connectivity index (χ0n) is 13.8. The van der Waals surface area contributed by atoms with Gasteiger partial charge in [0.25, 0.3) is 0 Å². The fourth-order valence-corrected chi connectivity index (χ4v) is 4.39. The molecule has 11 heteroatoms. The number of alkyl halides is 3. The SMILES string of the molecule is CN(CC(=O)O)C1CCN(S(=O)(=O)c2ccc(F)c(C(F)(F)F)c2)CC1. The van der Waals surface area contributed by atoms with E-state index in [-0.39, 0.29) is 25.7 Å². The van der Waals surface area contributed by atoms with E-state index in [0.717, 1.165) is 10.4 Å². The number of likely N-dealkylation sites (N-methyl/N-ethyl adjacent to an activating group) is 1. The first-order valence-electron chi connectivity index (χ1n) is 7.72.